The van der Waals surface area contributed by atoms with Gasteiger partial charge in [-0.05, 0) is 48.4 Å². The number of nitrogens with zero attached hydrogens (tertiary/aromatic N) is 2. The molecule has 1 aromatic heterocycles. The Morgan fingerprint density at radius 3 is 2.48 bits per heavy atom. The maximum absolute atomic E-state index is 13.6. The molecule has 2 heterocycles. The van der Waals surface area contributed by atoms with Crippen molar-refractivity contribution >= 4 is 27.2 Å². The summed E-state index contributed by atoms with van der Waals surface area (Å²) < 4.78 is 28.5. The van der Waals surface area contributed by atoms with E-state index in [1.54, 1.807) is 73.1 Å². The number of anilines is 1. The molecule has 0 bridgehead atoms. The monoisotopic (exact) mass is 405 g/mol. The van der Waals surface area contributed by atoms with Gasteiger partial charge in [-0.25, -0.2) is 12.7 Å². The Kier molecular flexibility index (Phi) is 4.68. The van der Waals surface area contributed by atoms with Crippen molar-refractivity contribution in [3.63, 3.8) is 0 Å². The molecular weight excluding hydrogens is 386 g/mol. The lowest BCUT2D eigenvalue weighted by Gasteiger charge is -2.38. The van der Waals surface area contributed by atoms with Gasteiger partial charge in [0.15, 0.2) is 0 Å². The number of aromatic nitrogens is 1. The van der Waals surface area contributed by atoms with Crippen LogP contribution in [0.15, 0.2) is 84.5 Å². The molecule has 0 saturated heterocycles. The number of carbonyl (C=O) groups excluding carboxylic acids is 1. The molecule has 29 heavy (non-hydrogen) atoms. The van der Waals surface area contributed by atoms with Crippen molar-refractivity contribution in [1.82, 2.24) is 10.3 Å². The van der Waals surface area contributed by atoms with Gasteiger partial charge in [0.1, 0.15) is 6.17 Å². The average molecular weight is 405 g/mol. The first-order valence-electron chi connectivity index (χ1n) is 9.00. The second kappa shape index (κ2) is 7.18. The van der Waals surface area contributed by atoms with Crippen LogP contribution in [0.1, 0.15) is 21.5 Å². The van der Waals surface area contributed by atoms with Crippen molar-refractivity contribution in [2.75, 3.05) is 4.31 Å². The highest BCUT2D eigenvalue weighted by atomic mass is 32.2. The molecule has 4 rings (SSSR count). The van der Waals surface area contributed by atoms with Gasteiger partial charge >= 0.3 is 0 Å². The Bertz CT molecular complexity index is 1190. The zero-order chi connectivity index (χ0) is 20.6. The van der Waals surface area contributed by atoms with Gasteiger partial charge in [0.25, 0.3) is 15.9 Å². The number of para-hydroxylation sites is 1. The molecular formula is C22H19N3O3S. The third kappa shape index (κ3) is 3.30. The molecule has 3 aromatic rings. The van der Waals surface area contributed by atoms with E-state index in [0.29, 0.717) is 22.4 Å². The fourth-order valence-electron chi connectivity index (χ4n) is 3.29. The maximum Gasteiger partial charge on any atom is 0.266 e. The lowest BCUT2D eigenvalue weighted by atomic mass is 10.0. The van der Waals surface area contributed by atoms with Gasteiger partial charge in [-0.15, -0.1) is 0 Å². The van der Waals surface area contributed by atoms with Crippen LogP contribution < -0.4 is 9.62 Å². The molecule has 0 radical (unpaired) electrons. The Morgan fingerprint density at radius 2 is 1.79 bits per heavy atom. The lowest BCUT2D eigenvalue weighted by molar-refractivity contribution is 0.0941. The number of carbonyl (C=O) groups is 1. The van der Waals surface area contributed by atoms with Crippen molar-refractivity contribution in [2.24, 2.45) is 0 Å². The van der Waals surface area contributed by atoms with Crippen LogP contribution in [-0.4, -0.2) is 25.5 Å². The third-order valence-electron chi connectivity index (χ3n) is 4.83. The van der Waals surface area contributed by atoms with Crippen LogP contribution in [0.5, 0.6) is 0 Å². The molecule has 0 saturated carbocycles. The van der Waals surface area contributed by atoms with E-state index in [1.807, 2.05) is 6.92 Å². The topological polar surface area (TPSA) is 79.4 Å². The molecule has 1 atom stereocenters. The molecule has 2 aromatic carbocycles. The number of amides is 1. The maximum atomic E-state index is 13.6. The molecule has 1 aliphatic rings. The lowest BCUT2D eigenvalue weighted by Crippen LogP contribution is -2.55. The Morgan fingerprint density at radius 1 is 1.07 bits per heavy atom. The summed E-state index contributed by atoms with van der Waals surface area (Å²) in [5.74, 6) is -0.356. The van der Waals surface area contributed by atoms with Gasteiger partial charge in [0.2, 0.25) is 0 Å². The molecule has 1 aliphatic heterocycles. The predicted octanol–water partition coefficient (Wildman–Crippen LogP) is 3.37. The minimum Gasteiger partial charge on any atom is -0.327 e. The standard InChI is InChI=1S/C22H19N3O3S/c1-15-9-11-18(12-10-15)29(27,28)25-20-8-4-3-7-19(20)22(26)24-21(25)16(2)17-6-5-13-23-14-17/h3-14,21H,2H2,1H3,(H,24,26). The summed E-state index contributed by atoms with van der Waals surface area (Å²) in [4.78, 5) is 16.9. The average Bonchev–Trinajstić information content (AvgIpc) is 2.74. The number of benzene rings is 2. The minimum atomic E-state index is -3.98. The second-order valence-electron chi connectivity index (χ2n) is 6.77. The fraction of sp³-hybridized carbons (Fsp3) is 0.0909. The molecule has 0 fully saturated rings. The number of fused-ring (bicyclic) bond motifs is 1. The van der Waals surface area contributed by atoms with Crippen molar-refractivity contribution in [3.8, 4) is 0 Å². The predicted molar refractivity (Wildman–Crippen MR) is 112 cm³/mol. The summed E-state index contributed by atoms with van der Waals surface area (Å²) >= 11 is 0. The Hall–Kier alpha value is -3.45. The molecule has 1 unspecified atom stereocenters. The summed E-state index contributed by atoms with van der Waals surface area (Å²) in [5, 5.41) is 2.79. The smallest absolute Gasteiger partial charge is 0.266 e. The first kappa shape index (κ1) is 18.9. The van der Waals surface area contributed by atoms with Crippen LogP contribution in [0.4, 0.5) is 5.69 Å². The highest BCUT2D eigenvalue weighted by Crippen LogP contribution is 2.35. The Labute approximate surface area is 169 Å². The number of hydrogen-bond acceptors (Lipinski definition) is 4. The Balaban J connectivity index is 1.90. The van der Waals surface area contributed by atoms with Gasteiger partial charge < -0.3 is 5.32 Å². The molecule has 0 spiro atoms. The van der Waals surface area contributed by atoms with Crippen LogP contribution >= 0.6 is 0 Å². The van der Waals surface area contributed by atoms with E-state index in [1.165, 1.54) is 4.31 Å². The number of nitrogens with one attached hydrogen (secondary N) is 1. The van der Waals surface area contributed by atoms with Crippen LogP contribution in [0, 0.1) is 6.92 Å². The van der Waals surface area contributed by atoms with Crippen molar-refractivity contribution in [1.29, 1.82) is 0 Å². The summed E-state index contributed by atoms with van der Waals surface area (Å²) in [7, 11) is -3.98. The third-order valence-corrected chi connectivity index (χ3v) is 6.62. The first-order valence-corrected chi connectivity index (χ1v) is 10.4. The quantitative estimate of drug-likeness (QED) is 0.722. The van der Waals surface area contributed by atoms with Crippen LogP contribution in [0.25, 0.3) is 5.57 Å². The van der Waals surface area contributed by atoms with Gasteiger partial charge in [-0.2, -0.15) is 0 Å². The zero-order valence-corrected chi connectivity index (χ0v) is 16.6. The van der Waals surface area contributed by atoms with Gasteiger partial charge in [0, 0.05) is 12.4 Å². The largest absolute Gasteiger partial charge is 0.327 e. The van der Waals surface area contributed by atoms with E-state index in [9.17, 15) is 13.2 Å². The molecule has 7 heteroatoms. The SMILES string of the molecule is C=C(c1cccnc1)C1NC(=O)c2ccccc2N1S(=O)(=O)c1ccc(C)cc1. The van der Waals surface area contributed by atoms with Crippen LogP contribution in [-0.2, 0) is 10.0 Å². The highest BCUT2D eigenvalue weighted by Gasteiger charge is 2.40. The molecule has 1 N–H and O–H groups in total. The number of aryl methyl sites for hydroxylation is 1. The van der Waals surface area contributed by atoms with Crippen molar-refractivity contribution in [3.05, 3.63) is 96.3 Å². The number of pyridine rings is 1. The fourth-order valence-corrected chi connectivity index (χ4v) is 4.87. The zero-order valence-electron chi connectivity index (χ0n) is 15.7. The van der Waals surface area contributed by atoms with E-state index in [-0.39, 0.29) is 10.8 Å². The van der Waals surface area contributed by atoms with Crippen LogP contribution in [0.3, 0.4) is 0 Å². The van der Waals surface area contributed by atoms with Gasteiger partial charge in [-0.3, -0.25) is 9.78 Å². The molecule has 146 valence electrons. The molecule has 6 nitrogen and oxygen atoms in total. The van der Waals surface area contributed by atoms with E-state index in [2.05, 4.69) is 16.9 Å². The number of hydrogen-bond donors (Lipinski definition) is 1. The summed E-state index contributed by atoms with van der Waals surface area (Å²) in [5.41, 5.74) is 2.62. The number of rotatable bonds is 4. The van der Waals surface area contributed by atoms with E-state index < -0.39 is 16.2 Å². The second-order valence-corrected chi connectivity index (χ2v) is 8.59. The van der Waals surface area contributed by atoms with Gasteiger partial charge in [0.05, 0.1) is 16.1 Å². The number of sulfonamides is 1. The normalized spacial score (nSPS) is 16.1. The summed E-state index contributed by atoms with van der Waals surface area (Å²) in [6, 6.07) is 16.8. The van der Waals surface area contributed by atoms with Gasteiger partial charge in [-0.1, -0.05) is 42.5 Å². The highest BCUT2D eigenvalue weighted by molar-refractivity contribution is 7.93. The first-order chi connectivity index (χ1) is 13.9. The summed E-state index contributed by atoms with van der Waals surface area (Å²) in [6.45, 7) is 5.96. The summed E-state index contributed by atoms with van der Waals surface area (Å²) in [6.07, 6.45) is 2.23. The van der Waals surface area contributed by atoms with Crippen LogP contribution in [0.2, 0.25) is 0 Å². The molecule has 0 aliphatic carbocycles. The van der Waals surface area contributed by atoms with Crippen molar-refractivity contribution < 1.29 is 13.2 Å². The van der Waals surface area contributed by atoms with E-state index in [4.69, 9.17) is 0 Å². The molecule has 1 amide bonds. The minimum absolute atomic E-state index is 0.137. The van der Waals surface area contributed by atoms with E-state index >= 15 is 0 Å². The van der Waals surface area contributed by atoms with Crippen molar-refractivity contribution in [2.45, 2.75) is 18.0 Å². The van der Waals surface area contributed by atoms with E-state index in [0.717, 1.165) is 5.56 Å².